The minimum atomic E-state index is -0.316. The number of carbonyl (C=O) groups excluding carboxylic acids is 1. The van der Waals surface area contributed by atoms with Crippen LogP contribution in [-0.2, 0) is 14.4 Å². The lowest BCUT2D eigenvalue weighted by molar-refractivity contribution is -0.334. The molecule has 0 aromatic heterocycles. The van der Waals surface area contributed by atoms with Crippen molar-refractivity contribution in [3.63, 3.8) is 0 Å². The van der Waals surface area contributed by atoms with Gasteiger partial charge in [-0.25, -0.2) is 4.89 Å². The standard InChI is InChI=1S/C17H28O4/c1-4-11(2)14(21-19)16-6-12-5-13(7-16)9-17(8-12,10-16)15(18)20-3/h11-14,19H,4-10H2,1-3H3. The molecule has 4 unspecified atom stereocenters. The van der Waals surface area contributed by atoms with Crippen LogP contribution >= 0.6 is 0 Å². The number of hydrogen-bond donors (Lipinski definition) is 1. The third-order valence-electron chi connectivity index (χ3n) is 6.60. The highest BCUT2D eigenvalue weighted by Crippen LogP contribution is 2.67. The third kappa shape index (κ3) is 2.22. The van der Waals surface area contributed by atoms with E-state index in [0.29, 0.717) is 17.8 Å². The van der Waals surface area contributed by atoms with Crippen LogP contribution < -0.4 is 0 Å². The van der Waals surface area contributed by atoms with Crippen LogP contribution in [0.15, 0.2) is 0 Å². The zero-order valence-electron chi connectivity index (χ0n) is 13.4. The zero-order chi connectivity index (χ0) is 15.3. The maximum Gasteiger partial charge on any atom is 0.311 e. The van der Waals surface area contributed by atoms with Crippen LogP contribution in [-0.4, -0.2) is 24.4 Å². The van der Waals surface area contributed by atoms with Gasteiger partial charge in [-0.05, 0) is 56.3 Å². The Morgan fingerprint density at radius 1 is 1.29 bits per heavy atom. The van der Waals surface area contributed by atoms with Crippen LogP contribution in [0.2, 0.25) is 0 Å². The molecule has 4 aliphatic rings. The Balaban J connectivity index is 1.94. The number of hydrogen-bond acceptors (Lipinski definition) is 4. The average molecular weight is 296 g/mol. The smallest absolute Gasteiger partial charge is 0.311 e. The Morgan fingerprint density at radius 3 is 2.38 bits per heavy atom. The summed E-state index contributed by atoms with van der Waals surface area (Å²) in [6.07, 6.45) is 7.02. The van der Waals surface area contributed by atoms with Crippen LogP contribution in [0.1, 0.15) is 58.8 Å². The predicted octanol–water partition coefficient (Wildman–Crippen LogP) is 3.65. The average Bonchev–Trinajstić information content (AvgIpc) is 2.45. The third-order valence-corrected chi connectivity index (χ3v) is 6.60. The van der Waals surface area contributed by atoms with Crippen molar-refractivity contribution in [3.05, 3.63) is 0 Å². The molecule has 4 fully saturated rings. The number of ether oxygens (including phenoxy) is 1. The van der Waals surface area contributed by atoms with E-state index >= 15 is 0 Å². The molecule has 0 amide bonds. The van der Waals surface area contributed by atoms with E-state index in [1.807, 2.05) is 0 Å². The highest BCUT2D eigenvalue weighted by Gasteiger charge is 2.64. The second-order valence-electron chi connectivity index (χ2n) is 8.01. The van der Waals surface area contributed by atoms with Crippen molar-refractivity contribution < 1.29 is 19.7 Å². The summed E-state index contributed by atoms with van der Waals surface area (Å²) >= 11 is 0. The van der Waals surface area contributed by atoms with E-state index in [2.05, 4.69) is 13.8 Å². The highest BCUT2D eigenvalue weighted by atomic mass is 17.1. The number of rotatable bonds is 5. The lowest BCUT2D eigenvalue weighted by atomic mass is 9.42. The highest BCUT2D eigenvalue weighted by molar-refractivity contribution is 5.77. The predicted molar refractivity (Wildman–Crippen MR) is 78.5 cm³/mol. The first kappa shape index (κ1) is 15.3. The molecule has 0 spiro atoms. The SMILES string of the molecule is CCC(C)C(OO)C12CC3CC(CC(C(=O)OC)(C3)C1)C2. The van der Waals surface area contributed by atoms with Crippen LogP contribution in [0, 0.1) is 28.6 Å². The van der Waals surface area contributed by atoms with E-state index in [1.165, 1.54) is 13.5 Å². The van der Waals surface area contributed by atoms with Gasteiger partial charge in [0.1, 0.15) is 6.10 Å². The van der Waals surface area contributed by atoms with Gasteiger partial charge in [0.25, 0.3) is 0 Å². The van der Waals surface area contributed by atoms with Gasteiger partial charge in [0.2, 0.25) is 0 Å². The van der Waals surface area contributed by atoms with Crippen molar-refractivity contribution in [2.45, 2.75) is 64.9 Å². The number of esters is 1. The van der Waals surface area contributed by atoms with Gasteiger partial charge >= 0.3 is 5.97 Å². The van der Waals surface area contributed by atoms with E-state index in [0.717, 1.165) is 38.5 Å². The molecule has 4 aliphatic carbocycles. The van der Waals surface area contributed by atoms with Gasteiger partial charge in [-0.15, -0.1) is 0 Å². The van der Waals surface area contributed by atoms with E-state index in [1.54, 1.807) is 0 Å². The van der Waals surface area contributed by atoms with Gasteiger partial charge in [0.15, 0.2) is 0 Å². The number of carbonyl (C=O) groups is 1. The molecule has 4 bridgehead atoms. The van der Waals surface area contributed by atoms with Gasteiger partial charge in [0.05, 0.1) is 12.5 Å². The molecule has 4 nitrogen and oxygen atoms in total. The summed E-state index contributed by atoms with van der Waals surface area (Å²) < 4.78 is 5.14. The topological polar surface area (TPSA) is 55.8 Å². The molecule has 120 valence electrons. The second-order valence-corrected chi connectivity index (χ2v) is 8.01. The summed E-state index contributed by atoms with van der Waals surface area (Å²) in [5, 5.41) is 9.55. The first-order chi connectivity index (χ1) is 9.98. The molecule has 1 N–H and O–H groups in total. The van der Waals surface area contributed by atoms with Crippen LogP contribution in [0.3, 0.4) is 0 Å². The molecular weight excluding hydrogens is 268 g/mol. The largest absolute Gasteiger partial charge is 0.469 e. The molecule has 0 aromatic rings. The summed E-state index contributed by atoms with van der Waals surface area (Å²) in [5.74, 6) is 1.45. The molecule has 0 aliphatic heterocycles. The minimum absolute atomic E-state index is 0.0392. The van der Waals surface area contributed by atoms with Crippen molar-refractivity contribution in [2.75, 3.05) is 7.11 Å². The van der Waals surface area contributed by atoms with Crippen LogP contribution in [0.5, 0.6) is 0 Å². The lowest BCUT2D eigenvalue weighted by Crippen LogP contribution is -2.60. The molecule has 0 saturated heterocycles. The van der Waals surface area contributed by atoms with Crippen molar-refractivity contribution in [1.82, 2.24) is 0 Å². The normalized spacial score (nSPS) is 43.6. The first-order valence-corrected chi connectivity index (χ1v) is 8.37. The Bertz CT molecular complexity index is 405. The Labute approximate surface area is 127 Å². The number of methoxy groups -OCH3 is 1. The van der Waals surface area contributed by atoms with E-state index < -0.39 is 0 Å². The van der Waals surface area contributed by atoms with Crippen molar-refractivity contribution in [1.29, 1.82) is 0 Å². The lowest BCUT2D eigenvalue weighted by Gasteiger charge is -2.62. The fourth-order valence-electron chi connectivity index (χ4n) is 6.15. The molecule has 0 heterocycles. The summed E-state index contributed by atoms with van der Waals surface area (Å²) in [5.41, 5.74) is -0.356. The van der Waals surface area contributed by atoms with E-state index in [4.69, 9.17) is 9.62 Å². The van der Waals surface area contributed by atoms with Crippen molar-refractivity contribution >= 4 is 5.97 Å². The summed E-state index contributed by atoms with van der Waals surface area (Å²) in [6.45, 7) is 4.28. The van der Waals surface area contributed by atoms with Gasteiger partial charge in [0, 0.05) is 5.41 Å². The zero-order valence-corrected chi connectivity index (χ0v) is 13.4. The molecule has 0 aromatic carbocycles. The van der Waals surface area contributed by atoms with Gasteiger partial charge in [-0.1, -0.05) is 20.3 Å². The molecule has 4 heteroatoms. The maximum atomic E-state index is 12.4. The molecule has 21 heavy (non-hydrogen) atoms. The van der Waals surface area contributed by atoms with Crippen LogP contribution in [0.25, 0.3) is 0 Å². The van der Waals surface area contributed by atoms with E-state index in [-0.39, 0.29) is 22.9 Å². The second kappa shape index (κ2) is 5.24. The van der Waals surface area contributed by atoms with Gasteiger partial charge < -0.3 is 4.74 Å². The molecule has 4 saturated carbocycles. The Kier molecular flexibility index (Phi) is 3.81. The van der Waals surface area contributed by atoms with Crippen molar-refractivity contribution in [3.8, 4) is 0 Å². The molecule has 4 atom stereocenters. The maximum absolute atomic E-state index is 12.4. The molecule has 0 radical (unpaired) electrons. The van der Waals surface area contributed by atoms with Crippen LogP contribution in [0.4, 0.5) is 0 Å². The Hall–Kier alpha value is -0.610. The first-order valence-electron chi connectivity index (χ1n) is 8.37. The van der Waals surface area contributed by atoms with Crippen molar-refractivity contribution in [2.24, 2.45) is 28.6 Å². The quantitative estimate of drug-likeness (QED) is 0.478. The summed E-state index contributed by atoms with van der Waals surface area (Å²) in [6, 6.07) is 0. The van der Waals surface area contributed by atoms with Gasteiger partial charge in [-0.3, -0.25) is 10.1 Å². The monoisotopic (exact) mass is 296 g/mol. The molecular formula is C17H28O4. The van der Waals surface area contributed by atoms with E-state index in [9.17, 15) is 10.1 Å². The summed E-state index contributed by atoms with van der Waals surface area (Å²) in [7, 11) is 1.50. The molecule has 4 rings (SSSR count). The fourth-order valence-corrected chi connectivity index (χ4v) is 6.15. The summed E-state index contributed by atoms with van der Waals surface area (Å²) in [4.78, 5) is 17.4. The Morgan fingerprint density at radius 2 is 1.90 bits per heavy atom. The fraction of sp³-hybridized carbons (Fsp3) is 0.941. The van der Waals surface area contributed by atoms with Gasteiger partial charge in [-0.2, -0.15) is 0 Å². The minimum Gasteiger partial charge on any atom is -0.469 e.